The molecule has 0 aromatic carbocycles. The number of carbonyl (C=O) groups excluding carboxylic acids is 2. The van der Waals surface area contributed by atoms with E-state index in [2.05, 4.69) is 22.8 Å². The van der Waals surface area contributed by atoms with Crippen molar-refractivity contribution in [1.29, 1.82) is 0 Å². The molecule has 2 N–H and O–H groups in total. The third-order valence-electron chi connectivity index (χ3n) is 4.57. The molecule has 1 aliphatic heterocycles. The van der Waals surface area contributed by atoms with Crippen molar-refractivity contribution in [3.05, 3.63) is 12.2 Å². The molecule has 1 unspecified atom stereocenters. The van der Waals surface area contributed by atoms with Crippen molar-refractivity contribution in [2.24, 2.45) is 11.8 Å². The summed E-state index contributed by atoms with van der Waals surface area (Å²) in [7, 11) is 0. The molecule has 5 heteroatoms. The molecule has 22 heavy (non-hydrogen) atoms. The summed E-state index contributed by atoms with van der Waals surface area (Å²) in [6, 6.07) is 0.255. The fourth-order valence-corrected chi connectivity index (χ4v) is 2.98. The van der Waals surface area contributed by atoms with E-state index in [-0.39, 0.29) is 23.9 Å². The summed E-state index contributed by atoms with van der Waals surface area (Å²) in [6.45, 7) is 6.02. The Bertz CT molecular complexity index is 412. The van der Waals surface area contributed by atoms with Crippen LogP contribution in [0.2, 0.25) is 0 Å². The van der Waals surface area contributed by atoms with Crippen LogP contribution in [0.5, 0.6) is 0 Å². The van der Waals surface area contributed by atoms with Crippen molar-refractivity contribution in [2.75, 3.05) is 19.6 Å². The average Bonchev–Trinajstić information content (AvgIpc) is 2.54. The van der Waals surface area contributed by atoms with Gasteiger partial charge in [-0.1, -0.05) is 26.0 Å². The van der Waals surface area contributed by atoms with Crippen LogP contribution in [0, 0.1) is 11.8 Å². The summed E-state index contributed by atoms with van der Waals surface area (Å²) in [5, 5.41) is 6.12. The zero-order chi connectivity index (χ0) is 15.9. The van der Waals surface area contributed by atoms with Crippen molar-refractivity contribution in [3.63, 3.8) is 0 Å². The van der Waals surface area contributed by atoms with Crippen molar-refractivity contribution in [2.45, 2.75) is 52.0 Å². The molecule has 2 aliphatic rings. The standard InChI is InChI=1S/C17H29N3O2/c1-13(2)16(21)19-15-8-10-20(11-9-15)17(22)18-12-14-6-4-3-5-7-14/h3-4,13-15H,5-12H2,1-2H3,(H,18,22)(H,19,21). The molecular weight excluding hydrogens is 278 g/mol. The van der Waals surface area contributed by atoms with Crippen molar-refractivity contribution >= 4 is 11.9 Å². The van der Waals surface area contributed by atoms with E-state index < -0.39 is 0 Å². The average molecular weight is 307 g/mol. The monoisotopic (exact) mass is 307 g/mol. The summed E-state index contributed by atoms with van der Waals surface area (Å²) < 4.78 is 0. The number of hydrogen-bond donors (Lipinski definition) is 2. The molecule has 0 saturated carbocycles. The van der Waals surface area contributed by atoms with Crippen molar-refractivity contribution in [1.82, 2.24) is 15.5 Å². The summed E-state index contributed by atoms with van der Waals surface area (Å²) in [5.74, 6) is 0.705. The highest BCUT2D eigenvalue weighted by Gasteiger charge is 2.24. The minimum Gasteiger partial charge on any atom is -0.353 e. The van der Waals surface area contributed by atoms with Gasteiger partial charge in [0.05, 0.1) is 0 Å². The molecule has 1 fully saturated rings. The SMILES string of the molecule is CC(C)C(=O)NC1CCN(C(=O)NCC2CC=CCC2)CC1. The topological polar surface area (TPSA) is 61.4 Å². The summed E-state index contributed by atoms with van der Waals surface area (Å²) in [6.07, 6.45) is 9.49. The molecule has 0 spiro atoms. The molecular formula is C17H29N3O2. The lowest BCUT2D eigenvalue weighted by Gasteiger charge is -2.33. The van der Waals surface area contributed by atoms with E-state index in [0.29, 0.717) is 5.92 Å². The maximum absolute atomic E-state index is 12.2. The molecule has 0 bridgehead atoms. The van der Waals surface area contributed by atoms with E-state index in [1.165, 1.54) is 6.42 Å². The maximum atomic E-state index is 12.2. The predicted octanol–water partition coefficient (Wildman–Crippen LogP) is 2.29. The third-order valence-corrected chi connectivity index (χ3v) is 4.57. The Hall–Kier alpha value is -1.52. The number of nitrogens with one attached hydrogen (secondary N) is 2. The second-order valence-corrected chi connectivity index (χ2v) is 6.76. The fraction of sp³-hybridized carbons (Fsp3) is 0.765. The highest BCUT2D eigenvalue weighted by molar-refractivity contribution is 5.78. The van der Waals surface area contributed by atoms with Crippen LogP contribution in [0.4, 0.5) is 4.79 Å². The third kappa shape index (κ3) is 5.04. The van der Waals surface area contributed by atoms with Crippen LogP contribution in [0.15, 0.2) is 12.2 Å². The van der Waals surface area contributed by atoms with Crippen LogP contribution in [0.1, 0.15) is 46.0 Å². The first-order valence-corrected chi connectivity index (χ1v) is 8.54. The molecule has 1 aliphatic carbocycles. The van der Waals surface area contributed by atoms with Gasteiger partial charge in [-0.3, -0.25) is 4.79 Å². The van der Waals surface area contributed by atoms with Crippen LogP contribution in [-0.2, 0) is 4.79 Å². The first kappa shape index (κ1) is 16.8. The van der Waals surface area contributed by atoms with Gasteiger partial charge in [0, 0.05) is 31.6 Å². The number of piperidine rings is 1. The molecule has 1 heterocycles. The second kappa shape index (κ2) is 8.20. The lowest BCUT2D eigenvalue weighted by atomic mass is 9.94. The molecule has 124 valence electrons. The maximum Gasteiger partial charge on any atom is 0.317 e. The number of carbonyl (C=O) groups is 2. The van der Waals surface area contributed by atoms with Gasteiger partial charge in [-0.15, -0.1) is 0 Å². The quantitative estimate of drug-likeness (QED) is 0.783. The molecule has 1 atom stereocenters. The Morgan fingerprint density at radius 1 is 1.18 bits per heavy atom. The number of amides is 3. The molecule has 0 aromatic rings. The highest BCUT2D eigenvalue weighted by atomic mass is 16.2. The minimum absolute atomic E-state index is 0.0193. The van der Waals surface area contributed by atoms with Crippen molar-refractivity contribution in [3.8, 4) is 0 Å². The highest BCUT2D eigenvalue weighted by Crippen LogP contribution is 2.17. The molecule has 5 nitrogen and oxygen atoms in total. The van der Waals surface area contributed by atoms with E-state index in [1.54, 1.807) is 0 Å². The summed E-state index contributed by atoms with van der Waals surface area (Å²) in [5.41, 5.74) is 0. The van der Waals surface area contributed by atoms with Gasteiger partial charge in [0.25, 0.3) is 0 Å². The number of hydrogen-bond acceptors (Lipinski definition) is 2. The van der Waals surface area contributed by atoms with Crippen LogP contribution in [-0.4, -0.2) is 42.5 Å². The first-order chi connectivity index (χ1) is 10.6. The Morgan fingerprint density at radius 3 is 2.50 bits per heavy atom. The van der Waals surface area contributed by atoms with Crippen LogP contribution in [0.25, 0.3) is 0 Å². The van der Waals surface area contributed by atoms with Crippen LogP contribution >= 0.6 is 0 Å². The lowest BCUT2D eigenvalue weighted by molar-refractivity contribution is -0.124. The smallest absolute Gasteiger partial charge is 0.317 e. The Balaban J connectivity index is 1.66. The number of urea groups is 1. The van der Waals surface area contributed by atoms with Gasteiger partial charge < -0.3 is 15.5 Å². The van der Waals surface area contributed by atoms with E-state index in [4.69, 9.17) is 0 Å². The van der Waals surface area contributed by atoms with E-state index in [1.807, 2.05) is 18.7 Å². The summed E-state index contributed by atoms with van der Waals surface area (Å²) in [4.78, 5) is 25.8. The Labute approximate surface area is 133 Å². The largest absolute Gasteiger partial charge is 0.353 e. The minimum atomic E-state index is 0.0193. The molecule has 0 radical (unpaired) electrons. The van der Waals surface area contributed by atoms with Gasteiger partial charge >= 0.3 is 6.03 Å². The van der Waals surface area contributed by atoms with Crippen molar-refractivity contribution < 1.29 is 9.59 Å². The van der Waals surface area contributed by atoms with Crippen LogP contribution in [0.3, 0.4) is 0 Å². The Kier molecular flexibility index (Phi) is 6.28. The predicted molar refractivity (Wildman–Crippen MR) is 87.5 cm³/mol. The van der Waals surface area contributed by atoms with E-state index >= 15 is 0 Å². The van der Waals surface area contributed by atoms with Gasteiger partial charge in [0.1, 0.15) is 0 Å². The normalized spacial score (nSPS) is 22.7. The molecule has 2 rings (SSSR count). The lowest BCUT2D eigenvalue weighted by Crippen LogP contribution is -2.50. The van der Waals surface area contributed by atoms with Crippen LogP contribution < -0.4 is 10.6 Å². The van der Waals surface area contributed by atoms with Gasteiger partial charge in [-0.25, -0.2) is 4.79 Å². The number of likely N-dealkylation sites (tertiary alicyclic amines) is 1. The molecule has 3 amide bonds. The van der Waals surface area contributed by atoms with Gasteiger partial charge in [-0.05, 0) is 38.0 Å². The van der Waals surface area contributed by atoms with Gasteiger partial charge in [0.2, 0.25) is 5.91 Å². The second-order valence-electron chi connectivity index (χ2n) is 6.76. The van der Waals surface area contributed by atoms with E-state index in [0.717, 1.165) is 45.3 Å². The van der Waals surface area contributed by atoms with Gasteiger partial charge in [0.15, 0.2) is 0 Å². The Morgan fingerprint density at radius 2 is 1.91 bits per heavy atom. The zero-order valence-electron chi connectivity index (χ0n) is 13.8. The molecule has 1 saturated heterocycles. The number of nitrogens with zero attached hydrogens (tertiary/aromatic N) is 1. The molecule has 0 aromatic heterocycles. The number of allylic oxidation sites excluding steroid dienone is 2. The van der Waals surface area contributed by atoms with E-state index in [9.17, 15) is 9.59 Å². The zero-order valence-corrected chi connectivity index (χ0v) is 13.8. The van der Waals surface area contributed by atoms with Gasteiger partial charge in [-0.2, -0.15) is 0 Å². The first-order valence-electron chi connectivity index (χ1n) is 8.54. The summed E-state index contributed by atoms with van der Waals surface area (Å²) >= 11 is 0. The fourth-order valence-electron chi connectivity index (χ4n) is 2.98. The number of rotatable bonds is 4.